The van der Waals surface area contributed by atoms with Crippen molar-refractivity contribution >= 4 is 0 Å². The highest BCUT2D eigenvalue weighted by Crippen LogP contribution is 2.12. The average Bonchev–Trinajstić information content (AvgIpc) is 2.88. The van der Waals surface area contributed by atoms with E-state index in [1.54, 1.807) is 0 Å². The standard InChI is InChI=1S/C16H28N2O2/c17-13-16-12-15(14-20-16)6-2-1-3-7-18-8-4-5-10-19-11-9-18/h12,14H,1-11,13,17H2. The molecule has 114 valence electrons. The molecule has 20 heavy (non-hydrogen) atoms. The zero-order valence-electron chi connectivity index (χ0n) is 12.5. The van der Waals surface area contributed by atoms with Crippen molar-refractivity contribution in [2.24, 2.45) is 5.73 Å². The van der Waals surface area contributed by atoms with Crippen LogP contribution in [0.3, 0.4) is 0 Å². The number of nitrogens with zero attached hydrogens (tertiary/aromatic N) is 1. The van der Waals surface area contributed by atoms with Crippen molar-refractivity contribution in [1.82, 2.24) is 4.90 Å². The minimum absolute atomic E-state index is 0.497. The Labute approximate surface area is 122 Å². The van der Waals surface area contributed by atoms with Gasteiger partial charge >= 0.3 is 0 Å². The minimum atomic E-state index is 0.497. The van der Waals surface area contributed by atoms with Crippen LogP contribution in [0.1, 0.15) is 43.4 Å². The highest BCUT2D eigenvalue weighted by Gasteiger charge is 2.07. The van der Waals surface area contributed by atoms with E-state index in [0.29, 0.717) is 6.54 Å². The van der Waals surface area contributed by atoms with E-state index >= 15 is 0 Å². The SMILES string of the molecule is NCc1cc(CCCCCN2CCCCOCC2)co1. The van der Waals surface area contributed by atoms with Crippen LogP contribution < -0.4 is 5.73 Å². The fraction of sp³-hybridized carbons (Fsp3) is 0.750. The lowest BCUT2D eigenvalue weighted by Crippen LogP contribution is -2.31. The smallest absolute Gasteiger partial charge is 0.117 e. The number of unbranched alkanes of at least 4 members (excludes halogenated alkanes) is 2. The summed E-state index contributed by atoms with van der Waals surface area (Å²) in [6.07, 6.45) is 9.22. The molecule has 0 saturated carbocycles. The van der Waals surface area contributed by atoms with Crippen LogP contribution in [0.25, 0.3) is 0 Å². The number of hydrogen-bond donors (Lipinski definition) is 1. The van der Waals surface area contributed by atoms with Crippen LogP contribution in [0, 0.1) is 0 Å². The van der Waals surface area contributed by atoms with Gasteiger partial charge in [0.2, 0.25) is 0 Å². The van der Waals surface area contributed by atoms with E-state index in [9.17, 15) is 0 Å². The van der Waals surface area contributed by atoms with Crippen molar-refractivity contribution in [2.75, 3.05) is 32.8 Å². The Hall–Kier alpha value is -0.840. The molecule has 1 aromatic rings. The summed E-state index contributed by atoms with van der Waals surface area (Å²) in [5, 5.41) is 0. The molecule has 0 unspecified atom stereocenters. The fourth-order valence-corrected chi connectivity index (χ4v) is 2.68. The van der Waals surface area contributed by atoms with Crippen LogP contribution >= 0.6 is 0 Å². The first-order valence-corrected chi connectivity index (χ1v) is 7.95. The zero-order chi connectivity index (χ0) is 14.0. The second kappa shape index (κ2) is 9.16. The van der Waals surface area contributed by atoms with Gasteiger partial charge in [0.25, 0.3) is 0 Å². The Balaban J connectivity index is 1.54. The molecule has 0 spiro atoms. The molecule has 0 aromatic carbocycles. The molecule has 4 heteroatoms. The molecule has 0 atom stereocenters. The van der Waals surface area contributed by atoms with Gasteiger partial charge in [-0.05, 0) is 56.8 Å². The summed E-state index contributed by atoms with van der Waals surface area (Å²) in [7, 11) is 0. The third kappa shape index (κ3) is 5.65. The van der Waals surface area contributed by atoms with Gasteiger partial charge in [0, 0.05) is 13.2 Å². The van der Waals surface area contributed by atoms with Gasteiger partial charge in [0.15, 0.2) is 0 Å². The predicted octanol–water partition coefficient (Wildman–Crippen LogP) is 2.56. The monoisotopic (exact) mass is 280 g/mol. The summed E-state index contributed by atoms with van der Waals surface area (Å²) in [5.74, 6) is 0.889. The molecule has 2 N–H and O–H groups in total. The van der Waals surface area contributed by atoms with E-state index in [-0.39, 0.29) is 0 Å². The Bertz CT molecular complexity index is 357. The largest absolute Gasteiger partial charge is 0.468 e. The molecular formula is C16H28N2O2. The summed E-state index contributed by atoms with van der Waals surface area (Å²) < 4.78 is 10.9. The fourth-order valence-electron chi connectivity index (χ4n) is 2.68. The Morgan fingerprint density at radius 1 is 1.10 bits per heavy atom. The van der Waals surface area contributed by atoms with Crippen molar-refractivity contribution < 1.29 is 9.15 Å². The van der Waals surface area contributed by atoms with Crippen LogP contribution in [-0.4, -0.2) is 37.7 Å². The number of ether oxygens (including phenoxy) is 1. The summed E-state index contributed by atoms with van der Waals surface area (Å²) in [6, 6.07) is 2.08. The maximum absolute atomic E-state index is 5.54. The van der Waals surface area contributed by atoms with Gasteiger partial charge in [-0.25, -0.2) is 0 Å². The van der Waals surface area contributed by atoms with Gasteiger partial charge < -0.3 is 19.8 Å². The van der Waals surface area contributed by atoms with E-state index in [4.69, 9.17) is 14.9 Å². The van der Waals surface area contributed by atoms with E-state index in [0.717, 1.165) is 31.9 Å². The van der Waals surface area contributed by atoms with Crippen molar-refractivity contribution in [1.29, 1.82) is 0 Å². The van der Waals surface area contributed by atoms with Crippen LogP contribution in [-0.2, 0) is 17.7 Å². The molecule has 1 fully saturated rings. The second-order valence-corrected chi connectivity index (χ2v) is 5.60. The number of rotatable bonds is 7. The lowest BCUT2D eigenvalue weighted by Gasteiger charge is -2.24. The molecular weight excluding hydrogens is 252 g/mol. The lowest BCUT2D eigenvalue weighted by molar-refractivity contribution is 0.0800. The predicted molar refractivity (Wildman–Crippen MR) is 80.6 cm³/mol. The second-order valence-electron chi connectivity index (χ2n) is 5.60. The van der Waals surface area contributed by atoms with Crippen LogP contribution in [0.15, 0.2) is 16.7 Å². The Morgan fingerprint density at radius 3 is 2.90 bits per heavy atom. The van der Waals surface area contributed by atoms with Crippen molar-refractivity contribution in [2.45, 2.75) is 45.1 Å². The first kappa shape index (κ1) is 15.5. The number of hydrogen-bond acceptors (Lipinski definition) is 4. The molecule has 4 nitrogen and oxygen atoms in total. The summed E-state index contributed by atoms with van der Waals surface area (Å²) in [4.78, 5) is 2.55. The molecule has 0 aliphatic carbocycles. The van der Waals surface area contributed by atoms with Gasteiger partial charge in [-0.15, -0.1) is 0 Å². The van der Waals surface area contributed by atoms with E-state index in [2.05, 4.69) is 11.0 Å². The van der Waals surface area contributed by atoms with E-state index in [1.807, 2.05) is 6.26 Å². The Morgan fingerprint density at radius 2 is 2.05 bits per heavy atom. The summed E-state index contributed by atoms with van der Waals surface area (Å²) in [5.41, 5.74) is 6.82. The summed E-state index contributed by atoms with van der Waals surface area (Å²) in [6.45, 7) is 5.90. The van der Waals surface area contributed by atoms with Crippen LogP contribution in [0.2, 0.25) is 0 Å². The minimum Gasteiger partial charge on any atom is -0.468 e. The number of nitrogens with two attached hydrogens (primary N) is 1. The van der Waals surface area contributed by atoms with Crippen LogP contribution in [0.4, 0.5) is 0 Å². The van der Waals surface area contributed by atoms with Crippen molar-refractivity contribution in [3.8, 4) is 0 Å². The quantitative estimate of drug-likeness (QED) is 0.780. The van der Waals surface area contributed by atoms with Gasteiger partial charge in [0.1, 0.15) is 5.76 Å². The molecule has 0 radical (unpaired) electrons. The third-order valence-electron chi connectivity index (χ3n) is 3.91. The van der Waals surface area contributed by atoms with Crippen molar-refractivity contribution in [3.05, 3.63) is 23.7 Å². The van der Waals surface area contributed by atoms with Gasteiger partial charge in [-0.2, -0.15) is 0 Å². The third-order valence-corrected chi connectivity index (χ3v) is 3.91. The number of aryl methyl sites for hydroxylation is 1. The Kier molecular flexibility index (Phi) is 7.12. The van der Waals surface area contributed by atoms with Gasteiger partial charge in [-0.1, -0.05) is 6.42 Å². The average molecular weight is 280 g/mol. The highest BCUT2D eigenvalue weighted by molar-refractivity contribution is 5.12. The highest BCUT2D eigenvalue weighted by atomic mass is 16.5. The van der Waals surface area contributed by atoms with Gasteiger partial charge in [0.05, 0.1) is 19.4 Å². The zero-order valence-corrected chi connectivity index (χ0v) is 12.5. The lowest BCUT2D eigenvalue weighted by atomic mass is 10.1. The molecule has 0 amide bonds. The molecule has 1 aliphatic heterocycles. The van der Waals surface area contributed by atoms with E-state index < -0.39 is 0 Å². The molecule has 1 aromatic heterocycles. The molecule has 2 rings (SSSR count). The first-order valence-electron chi connectivity index (χ1n) is 7.95. The summed E-state index contributed by atoms with van der Waals surface area (Å²) >= 11 is 0. The molecule has 2 heterocycles. The topological polar surface area (TPSA) is 51.6 Å². The van der Waals surface area contributed by atoms with Crippen LogP contribution in [0.5, 0.6) is 0 Å². The first-order chi connectivity index (χ1) is 9.88. The van der Waals surface area contributed by atoms with Gasteiger partial charge in [-0.3, -0.25) is 0 Å². The normalized spacial score (nSPS) is 17.9. The molecule has 1 saturated heterocycles. The molecule has 1 aliphatic rings. The maximum Gasteiger partial charge on any atom is 0.117 e. The maximum atomic E-state index is 5.54. The van der Waals surface area contributed by atoms with E-state index in [1.165, 1.54) is 50.8 Å². The van der Waals surface area contributed by atoms with Crippen molar-refractivity contribution in [3.63, 3.8) is 0 Å². The molecule has 0 bridgehead atoms. The number of furan rings is 1.